The van der Waals surface area contributed by atoms with Gasteiger partial charge in [-0.15, -0.1) is 0 Å². The van der Waals surface area contributed by atoms with E-state index in [0.717, 1.165) is 22.4 Å². The molecule has 9 rings (SSSR count). The molecule has 0 radical (unpaired) electrons. The van der Waals surface area contributed by atoms with Crippen molar-refractivity contribution in [2.24, 2.45) is 0 Å². The maximum atomic E-state index is 4.85. The average Bonchev–Trinajstić information content (AvgIpc) is 3.62. The molecule has 0 fully saturated rings. The van der Waals surface area contributed by atoms with Crippen LogP contribution >= 0.6 is 0 Å². The molecule has 0 aliphatic carbocycles. The summed E-state index contributed by atoms with van der Waals surface area (Å²) in [6.07, 6.45) is 1.88. The molecule has 0 aliphatic heterocycles. The van der Waals surface area contributed by atoms with E-state index < -0.39 is 0 Å². The summed E-state index contributed by atoms with van der Waals surface area (Å²) < 4.78 is 4.71. The summed E-state index contributed by atoms with van der Waals surface area (Å²) in [4.78, 5) is 4.85. The Bertz CT molecular complexity index is 2470. The van der Waals surface area contributed by atoms with Crippen LogP contribution in [0.2, 0.25) is 0 Å². The molecule has 0 saturated heterocycles. The Labute approximate surface area is 254 Å². The standard InChI is InChI=1S/C41H27N3/c1-3-11-28(12-4-1)29-20-23-32(24-21-29)43-38-19-8-7-15-34(38)35-25-22-30(27-39(35)43)33-16-9-17-36-37-18-10-26-42-41(37)44(40(33)36)31-13-5-2-6-14-31/h1-27H. The third-order valence-electron chi connectivity index (χ3n) is 8.78. The lowest BCUT2D eigenvalue weighted by molar-refractivity contribution is 1.14. The lowest BCUT2D eigenvalue weighted by Crippen LogP contribution is -1.97. The molecule has 44 heavy (non-hydrogen) atoms. The van der Waals surface area contributed by atoms with Gasteiger partial charge >= 0.3 is 0 Å². The van der Waals surface area contributed by atoms with E-state index in [4.69, 9.17) is 4.98 Å². The molecule has 206 valence electrons. The first-order chi connectivity index (χ1) is 21.8. The summed E-state index contributed by atoms with van der Waals surface area (Å²) in [5.74, 6) is 0. The Morgan fingerprint density at radius 3 is 1.86 bits per heavy atom. The predicted molar refractivity (Wildman–Crippen MR) is 184 cm³/mol. The van der Waals surface area contributed by atoms with Gasteiger partial charge in [-0.25, -0.2) is 4.98 Å². The summed E-state index contributed by atoms with van der Waals surface area (Å²) >= 11 is 0. The maximum absolute atomic E-state index is 4.85. The van der Waals surface area contributed by atoms with E-state index in [1.54, 1.807) is 0 Å². The average molecular weight is 562 g/mol. The second-order valence-corrected chi connectivity index (χ2v) is 11.2. The highest BCUT2D eigenvalue weighted by molar-refractivity contribution is 6.14. The van der Waals surface area contributed by atoms with Crippen molar-refractivity contribution in [3.05, 3.63) is 164 Å². The van der Waals surface area contributed by atoms with Crippen LogP contribution in [-0.4, -0.2) is 14.1 Å². The molecule has 9 aromatic rings. The molecular weight excluding hydrogens is 534 g/mol. The Morgan fingerprint density at radius 2 is 1.02 bits per heavy atom. The van der Waals surface area contributed by atoms with Crippen LogP contribution in [0, 0.1) is 0 Å². The van der Waals surface area contributed by atoms with Crippen molar-refractivity contribution < 1.29 is 0 Å². The first-order valence-electron chi connectivity index (χ1n) is 15.0. The second-order valence-electron chi connectivity index (χ2n) is 11.2. The van der Waals surface area contributed by atoms with Gasteiger partial charge in [0, 0.05) is 44.7 Å². The van der Waals surface area contributed by atoms with Gasteiger partial charge in [0.25, 0.3) is 0 Å². The molecule has 3 heteroatoms. The Hall–Kier alpha value is -5.93. The van der Waals surface area contributed by atoms with Crippen LogP contribution in [0.4, 0.5) is 0 Å². The minimum Gasteiger partial charge on any atom is -0.309 e. The summed E-state index contributed by atoms with van der Waals surface area (Å²) in [7, 11) is 0. The van der Waals surface area contributed by atoms with Crippen molar-refractivity contribution in [1.29, 1.82) is 0 Å². The van der Waals surface area contributed by atoms with Gasteiger partial charge in [-0.1, -0.05) is 109 Å². The van der Waals surface area contributed by atoms with Crippen LogP contribution in [0.5, 0.6) is 0 Å². The third-order valence-corrected chi connectivity index (χ3v) is 8.78. The Morgan fingerprint density at radius 1 is 0.386 bits per heavy atom. The van der Waals surface area contributed by atoms with E-state index >= 15 is 0 Å². The normalized spacial score (nSPS) is 11.6. The molecule has 6 aromatic carbocycles. The molecular formula is C41H27N3. The molecule has 0 saturated carbocycles. The number of para-hydroxylation sites is 3. The molecule has 3 heterocycles. The smallest absolute Gasteiger partial charge is 0.145 e. The number of hydrogen-bond acceptors (Lipinski definition) is 1. The van der Waals surface area contributed by atoms with Crippen molar-refractivity contribution in [1.82, 2.24) is 14.1 Å². The maximum Gasteiger partial charge on any atom is 0.145 e. The van der Waals surface area contributed by atoms with Gasteiger partial charge in [0.15, 0.2) is 0 Å². The largest absolute Gasteiger partial charge is 0.309 e. The molecule has 0 bridgehead atoms. The van der Waals surface area contributed by atoms with E-state index in [1.807, 2.05) is 12.3 Å². The minimum atomic E-state index is 0.967. The van der Waals surface area contributed by atoms with E-state index in [1.165, 1.54) is 55.0 Å². The van der Waals surface area contributed by atoms with E-state index in [9.17, 15) is 0 Å². The van der Waals surface area contributed by atoms with E-state index in [2.05, 4.69) is 161 Å². The lowest BCUT2D eigenvalue weighted by Gasteiger charge is -2.13. The summed E-state index contributed by atoms with van der Waals surface area (Å²) in [5.41, 5.74) is 11.6. The highest BCUT2D eigenvalue weighted by atomic mass is 15.0. The highest BCUT2D eigenvalue weighted by Crippen LogP contribution is 2.40. The number of fused-ring (bicyclic) bond motifs is 6. The van der Waals surface area contributed by atoms with Crippen molar-refractivity contribution in [3.63, 3.8) is 0 Å². The second kappa shape index (κ2) is 9.82. The van der Waals surface area contributed by atoms with Crippen LogP contribution in [0.1, 0.15) is 0 Å². The minimum absolute atomic E-state index is 0.967. The van der Waals surface area contributed by atoms with Gasteiger partial charge in [0.2, 0.25) is 0 Å². The summed E-state index contributed by atoms with van der Waals surface area (Å²) in [6, 6.07) is 56.5. The van der Waals surface area contributed by atoms with Crippen LogP contribution < -0.4 is 0 Å². The molecule has 0 aliphatic rings. The summed E-state index contributed by atoms with van der Waals surface area (Å²) in [6.45, 7) is 0. The zero-order valence-electron chi connectivity index (χ0n) is 23.9. The third kappa shape index (κ3) is 3.73. The number of rotatable bonds is 4. The van der Waals surface area contributed by atoms with Gasteiger partial charge in [0.1, 0.15) is 5.65 Å². The molecule has 0 spiro atoms. The van der Waals surface area contributed by atoms with Gasteiger partial charge in [-0.2, -0.15) is 0 Å². The fraction of sp³-hybridized carbons (Fsp3) is 0. The monoisotopic (exact) mass is 561 g/mol. The number of aromatic nitrogens is 3. The van der Waals surface area contributed by atoms with Gasteiger partial charge in [-0.3, -0.25) is 4.57 Å². The van der Waals surface area contributed by atoms with E-state index in [-0.39, 0.29) is 0 Å². The predicted octanol–water partition coefficient (Wildman–Crippen LogP) is 10.6. The zero-order chi connectivity index (χ0) is 29.0. The fourth-order valence-electron chi connectivity index (χ4n) is 6.80. The highest BCUT2D eigenvalue weighted by Gasteiger charge is 2.19. The Kier molecular flexibility index (Phi) is 5.50. The van der Waals surface area contributed by atoms with Crippen molar-refractivity contribution in [3.8, 4) is 33.6 Å². The molecule has 0 atom stereocenters. The lowest BCUT2D eigenvalue weighted by atomic mass is 10.0. The summed E-state index contributed by atoms with van der Waals surface area (Å²) in [5, 5.41) is 4.85. The van der Waals surface area contributed by atoms with E-state index in [0.29, 0.717) is 0 Å². The fourth-order valence-corrected chi connectivity index (χ4v) is 6.80. The molecule has 0 N–H and O–H groups in total. The van der Waals surface area contributed by atoms with Crippen LogP contribution in [0.15, 0.2) is 164 Å². The van der Waals surface area contributed by atoms with Crippen molar-refractivity contribution in [2.75, 3.05) is 0 Å². The van der Waals surface area contributed by atoms with Crippen LogP contribution in [0.3, 0.4) is 0 Å². The number of hydrogen-bond donors (Lipinski definition) is 0. The Balaban J connectivity index is 1.30. The van der Waals surface area contributed by atoms with Gasteiger partial charge in [-0.05, 0) is 65.2 Å². The number of nitrogens with zero attached hydrogens (tertiary/aromatic N) is 3. The topological polar surface area (TPSA) is 22.8 Å². The number of benzene rings is 6. The van der Waals surface area contributed by atoms with Crippen molar-refractivity contribution >= 4 is 43.7 Å². The van der Waals surface area contributed by atoms with Gasteiger partial charge in [0.05, 0.1) is 16.6 Å². The molecule has 0 amide bonds. The van der Waals surface area contributed by atoms with Crippen LogP contribution in [0.25, 0.3) is 77.4 Å². The quantitative estimate of drug-likeness (QED) is 0.210. The first-order valence-corrected chi connectivity index (χ1v) is 15.0. The molecule has 0 unspecified atom stereocenters. The van der Waals surface area contributed by atoms with Crippen LogP contribution in [-0.2, 0) is 0 Å². The molecule has 3 nitrogen and oxygen atoms in total. The number of pyridine rings is 1. The SMILES string of the molecule is c1ccc(-c2ccc(-n3c4ccccc4c4ccc(-c5cccc6c7cccnc7n(-c7ccccc7)c56)cc43)cc2)cc1. The first kappa shape index (κ1) is 24.6. The van der Waals surface area contributed by atoms with Crippen molar-refractivity contribution in [2.45, 2.75) is 0 Å². The molecule has 3 aromatic heterocycles. The zero-order valence-corrected chi connectivity index (χ0v) is 23.9. The van der Waals surface area contributed by atoms with Gasteiger partial charge < -0.3 is 4.57 Å².